The SMILES string of the molecule is N=C=S.NCCCC[C@H](N)C(=O)O. The van der Waals surface area contributed by atoms with E-state index in [4.69, 9.17) is 22.0 Å². The molecule has 0 heterocycles. The summed E-state index contributed by atoms with van der Waals surface area (Å²) in [5.74, 6) is -0.933. The van der Waals surface area contributed by atoms with E-state index >= 15 is 0 Å². The molecular formula is C7H15N3O2S. The zero-order chi connectivity index (χ0) is 10.7. The molecule has 0 amide bonds. The van der Waals surface area contributed by atoms with Crippen LogP contribution in [0.15, 0.2) is 0 Å². The minimum atomic E-state index is -0.933. The maximum absolute atomic E-state index is 10.1. The smallest absolute Gasteiger partial charge is 0.320 e. The minimum Gasteiger partial charge on any atom is -0.480 e. The monoisotopic (exact) mass is 205 g/mol. The lowest BCUT2D eigenvalue weighted by atomic mass is 10.1. The molecule has 0 rings (SSSR count). The third-order valence-corrected chi connectivity index (χ3v) is 1.29. The van der Waals surface area contributed by atoms with Gasteiger partial charge in [-0.05, 0) is 31.6 Å². The van der Waals surface area contributed by atoms with Gasteiger partial charge in [0.1, 0.15) is 6.04 Å². The predicted molar refractivity (Wildman–Crippen MR) is 53.8 cm³/mol. The molecule has 0 aromatic rings. The Bertz CT molecular complexity index is 169. The number of hydrogen-bond donors (Lipinski definition) is 4. The van der Waals surface area contributed by atoms with Crippen LogP contribution in [0.3, 0.4) is 0 Å². The highest BCUT2D eigenvalue weighted by molar-refractivity contribution is 7.78. The van der Waals surface area contributed by atoms with Crippen molar-refractivity contribution in [3.63, 3.8) is 0 Å². The number of isothiocyanates is 1. The van der Waals surface area contributed by atoms with E-state index in [0.717, 1.165) is 12.8 Å². The van der Waals surface area contributed by atoms with Gasteiger partial charge in [0.15, 0.2) is 0 Å². The van der Waals surface area contributed by atoms with Crippen LogP contribution in [0.4, 0.5) is 0 Å². The second kappa shape index (κ2) is 11.2. The molecule has 0 spiro atoms. The molecule has 0 aliphatic heterocycles. The largest absolute Gasteiger partial charge is 0.480 e. The first-order valence-corrected chi connectivity index (χ1v) is 4.23. The highest BCUT2D eigenvalue weighted by Crippen LogP contribution is 1.96. The van der Waals surface area contributed by atoms with Gasteiger partial charge in [0.05, 0.1) is 5.16 Å². The van der Waals surface area contributed by atoms with Crippen LogP contribution in [0.1, 0.15) is 19.3 Å². The summed E-state index contributed by atoms with van der Waals surface area (Å²) in [6.07, 6.45) is 2.16. The Morgan fingerprint density at radius 2 is 2.08 bits per heavy atom. The van der Waals surface area contributed by atoms with Crippen LogP contribution < -0.4 is 11.5 Å². The van der Waals surface area contributed by atoms with Gasteiger partial charge in [0, 0.05) is 0 Å². The predicted octanol–water partition coefficient (Wildman–Crippen LogP) is 0.195. The fourth-order valence-corrected chi connectivity index (χ4v) is 0.632. The average molecular weight is 205 g/mol. The van der Waals surface area contributed by atoms with Crippen LogP contribution in [0, 0.1) is 5.41 Å². The molecule has 0 unspecified atom stereocenters. The Morgan fingerprint density at radius 3 is 2.38 bits per heavy atom. The van der Waals surface area contributed by atoms with Crippen molar-refractivity contribution in [3.8, 4) is 0 Å². The van der Waals surface area contributed by atoms with Crippen molar-refractivity contribution in [1.82, 2.24) is 0 Å². The maximum Gasteiger partial charge on any atom is 0.320 e. The topological polar surface area (TPSA) is 113 Å². The minimum absolute atomic E-state index is 0.520. The molecule has 0 radical (unpaired) electrons. The summed E-state index contributed by atoms with van der Waals surface area (Å²) in [4.78, 5) is 10.1. The molecular weight excluding hydrogens is 190 g/mol. The van der Waals surface area contributed by atoms with E-state index in [1.165, 1.54) is 0 Å². The lowest BCUT2D eigenvalue weighted by molar-refractivity contribution is -0.138. The van der Waals surface area contributed by atoms with Crippen LogP contribution in [-0.4, -0.2) is 28.8 Å². The summed E-state index contributed by atoms with van der Waals surface area (Å²) in [6.45, 7) is 0.604. The van der Waals surface area contributed by atoms with E-state index in [1.54, 1.807) is 5.16 Å². The first kappa shape index (κ1) is 14.7. The number of aliphatic carboxylic acids is 1. The summed E-state index contributed by atoms with van der Waals surface area (Å²) in [6, 6.07) is -0.716. The van der Waals surface area contributed by atoms with E-state index in [0.29, 0.717) is 13.0 Å². The molecule has 76 valence electrons. The highest BCUT2D eigenvalue weighted by Gasteiger charge is 2.09. The van der Waals surface area contributed by atoms with E-state index in [2.05, 4.69) is 12.2 Å². The van der Waals surface area contributed by atoms with Gasteiger partial charge in [-0.15, -0.1) is 0 Å². The van der Waals surface area contributed by atoms with E-state index in [-0.39, 0.29) is 0 Å². The third-order valence-electron chi connectivity index (χ3n) is 1.29. The van der Waals surface area contributed by atoms with Gasteiger partial charge in [-0.25, -0.2) is 5.41 Å². The van der Waals surface area contributed by atoms with Crippen LogP contribution in [0.2, 0.25) is 0 Å². The van der Waals surface area contributed by atoms with E-state index in [9.17, 15) is 4.79 Å². The molecule has 5 nitrogen and oxygen atoms in total. The summed E-state index contributed by atoms with van der Waals surface area (Å²) in [5.41, 5.74) is 10.4. The van der Waals surface area contributed by atoms with Gasteiger partial charge in [-0.1, -0.05) is 6.42 Å². The van der Waals surface area contributed by atoms with Gasteiger partial charge in [0.25, 0.3) is 0 Å². The fraction of sp³-hybridized carbons (Fsp3) is 0.714. The first-order valence-electron chi connectivity index (χ1n) is 3.82. The highest BCUT2D eigenvalue weighted by atomic mass is 32.1. The number of carbonyl (C=O) groups is 1. The number of carboxylic acid groups (broad SMARTS) is 1. The van der Waals surface area contributed by atoms with Crippen molar-refractivity contribution in [1.29, 1.82) is 5.41 Å². The van der Waals surface area contributed by atoms with Crippen molar-refractivity contribution in [2.24, 2.45) is 11.5 Å². The Balaban J connectivity index is 0. The molecule has 6 heteroatoms. The van der Waals surface area contributed by atoms with Gasteiger partial charge < -0.3 is 16.6 Å². The average Bonchev–Trinajstić information content (AvgIpc) is 2.06. The van der Waals surface area contributed by atoms with Crippen LogP contribution in [0.5, 0.6) is 0 Å². The summed E-state index contributed by atoms with van der Waals surface area (Å²) in [5, 5.41) is 15.7. The van der Waals surface area contributed by atoms with Crippen molar-refractivity contribution < 1.29 is 9.90 Å². The molecule has 0 aromatic heterocycles. The Kier molecular flexibility index (Phi) is 12.7. The fourth-order valence-electron chi connectivity index (χ4n) is 0.632. The number of rotatable bonds is 5. The van der Waals surface area contributed by atoms with E-state index < -0.39 is 12.0 Å². The van der Waals surface area contributed by atoms with E-state index in [1.807, 2.05) is 0 Å². The molecule has 0 bridgehead atoms. The molecule has 0 aliphatic carbocycles. The van der Waals surface area contributed by atoms with Crippen molar-refractivity contribution in [2.75, 3.05) is 6.54 Å². The molecule has 1 atom stereocenters. The Hall–Kier alpha value is -0.810. The summed E-state index contributed by atoms with van der Waals surface area (Å²) < 4.78 is 0. The number of thiocarbonyl (C=S) groups is 1. The lowest BCUT2D eigenvalue weighted by Crippen LogP contribution is -2.29. The quantitative estimate of drug-likeness (QED) is 0.291. The van der Waals surface area contributed by atoms with Gasteiger partial charge in [0.2, 0.25) is 0 Å². The second-order valence-electron chi connectivity index (χ2n) is 2.33. The van der Waals surface area contributed by atoms with Crippen LogP contribution in [-0.2, 0) is 4.79 Å². The van der Waals surface area contributed by atoms with Gasteiger partial charge in [-0.2, -0.15) is 0 Å². The standard InChI is InChI=1S/C6H14N2O2.CHNS/c7-4-2-1-3-5(8)6(9)10;2-1-3/h5H,1-4,7-8H2,(H,9,10);2H/t5-;/m0./s1. The first-order chi connectivity index (χ1) is 6.09. The maximum atomic E-state index is 10.1. The molecule has 0 saturated heterocycles. The molecule has 6 N–H and O–H groups in total. The Labute approximate surface area is 82.6 Å². The number of nitrogens with one attached hydrogen (secondary N) is 1. The normalized spacial score (nSPS) is 10.6. The number of nitrogens with two attached hydrogens (primary N) is 2. The summed E-state index contributed by atoms with van der Waals surface area (Å²) in [7, 11) is 0. The third kappa shape index (κ3) is 14.1. The van der Waals surface area contributed by atoms with Crippen molar-refractivity contribution >= 4 is 23.3 Å². The lowest BCUT2D eigenvalue weighted by Gasteiger charge is -2.03. The second-order valence-corrected chi connectivity index (χ2v) is 2.54. The molecule has 0 fully saturated rings. The number of hydrogen-bond acceptors (Lipinski definition) is 5. The molecule has 13 heavy (non-hydrogen) atoms. The molecule has 0 aliphatic rings. The number of carboxylic acids is 1. The van der Waals surface area contributed by atoms with Gasteiger partial charge >= 0.3 is 5.97 Å². The van der Waals surface area contributed by atoms with Crippen molar-refractivity contribution in [3.05, 3.63) is 0 Å². The summed E-state index contributed by atoms with van der Waals surface area (Å²) >= 11 is 3.81. The zero-order valence-electron chi connectivity index (χ0n) is 7.32. The molecule has 0 aromatic carbocycles. The van der Waals surface area contributed by atoms with Crippen LogP contribution in [0.25, 0.3) is 0 Å². The zero-order valence-corrected chi connectivity index (χ0v) is 8.14. The number of unbranched alkanes of at least 4 members (excludes halogenated alkanes) is 1. The van der Waals surface area contributed by atoms with Gasteiger partial charge in [-0.3, -0.25) is 4.79 Å². The molecule has 0 saturated carbocycles. The van der Waals surface area contributed by atoms with Crippen molar-refractivity contribution in [2.45, 2.75) is 25.3 Å². The van der Waals surface area contributed by atoms with Crippen LogP contribution >= 0.6 is 12.2 Å². The Morgan fingerprint density at radius 1 is 1.62 bits per heavy atom.